The van der Waals surface area contributed by atoms with Gasteiger partial charge in [-0.25, -0.2) is 4.98 Å². The zero-order chi connectivity index (χ0) is 19.4. The van der Waals surface area contributed by atoms with Gasteiger partial charge in [-0.1, -0.05) is 6.07 Å². The first kappa shape index (κ1) is 18.5. The number of hydrogen-bond acceptors (Lipinski definition) is 5. The van der Waals surface area contributed by atoms with Crippen molar-refractivity contribution in [1.29, 1.82) is 5.26 Å². The van der Waals surface area contributed by atoms with Gasteiger partial charge in [-0.2, -0.15) is 5.26 Å². The highest BCUT2D eigenvalue weighted by Gasteiger charge is 2.14. The Hall–Kier alpha value is -3.30. The van der Waals surface area contributed by atoms with Crippen LogP contribution in [0.2, 0.25) is 0 Å². The summed E-state index contributed by atoms with van der Waals surface area (Å²) in [4.78, 5) is 20.8. The molecule has 0 radical (unpaired) electrons. The van der Waals surface area contributed by atoms with Crippen molar-refractivity contribution in [2.24, 2.45) is 0 Å². The van der Waals surface area contributed by atoms with Gasteiger partial charge in [0.05, 0.1) is 5.69 Å². The number of hydrogen-bond donors (Lipinski definition) is 1. The number of carbonyl (C=O) groups excluding carboxylic acids is 1. The highest BCUT2D eigenvalue weighted by Crippen LogP contribution is 2.29. The molecule has 2 heterocycles. The van der Waals surface area contributed by atoms with Crippen LogP contribution in [-0.2, 0) is 4.79 Å². The largest absolute Gasteiger partial charge is 0.297 e. The quantitative estimate of drug-likeness (QED) is 0.531. The number of aryl methyl sites for hydroxylation is 3. The number of nitriles is 1. The lowest BCUT2D eigenvalue weighted by Gasteiger charge is -2.07. The third kappa shape index (κ3) is 4.27. The molecule has 0 fully saturated rings. The maximum Gasteiger partial charge on any atom is 0.268 e. The molecule has 0 atom stereocenters. The van der Waals surface area contributed by atoms with Gasteiger partial charge >= 0.3 is 0 Å². The predicted octanol–water partition coefficient (Wildman–Crippen LogP) is 4.68. The van der Waals surface area contributed by atoms with Gasteiger partial charge in [-0.05, 0) is 67.3 Å². The Bertz CT molecular complexity index is 1060. The van der Waals surface area contributed by atoms with Crippen LogP contribution in [0.5, 0.6) is 0 Å². The zero-order valence-electron chi connectivity index (χ0n) is 15.3. The SMILES string of the molecule is Cc1cc(C)c(-c2csc(NC(=O)/C(C#N)=C/c3ccncc3)n2)cc1C. The molecule has 2 aromatic heterocycles. The van der Waals surface area contributed by atoms with Crippen LogP contribution < -0.4 is 5.32 Å². The van der Waals surface area contributed by atoms with Gasteiger partial charge in [0, 0.05) is 23.3 Å². The first-order chi connectivity index (χ1) is 13.0. The summed E-state index contributed by atoms with van der Waals surface area (Å²) >= 11 is 1.34. The van der Waals surface area contributed by atoms with Crippen molar-refractivity contribution in [2.45, 2.75) is 20.8 Å². The minimum atomic E-state index is -0.480. The molecular weight excluding hydrogens is 356 g/mol. The standard InChI is InChI=1S/C21H18N4OS/c1-13-8-15(3)18(9-14(13)2)19-12-27-21(24-19)25-20(26)17(11-22)10-16-4-6-23-7-5-16/h4-10,12H,1-3H3,(H,24,25,26)/b17-10+. The summed E-state index contributed by atoms with van der Waals surface area (Å²) in [7, 11) is 0. The minimum Gasteiger partial charge on any atom is -0.297 e. The molecule has 6 heteroatoms. The van der Waals surface area contributed by atoms with Crippen LogP contribution in [-0.4, -0.2) is 15.9 Å². The summed E-state index contributed by atoms with van der Waals surface area (Å²) in [5, 5.41) is 14.4. The highest BCUT2D eigenvalue weighted by molar-refractivity contribution is 7.14. The van der Waals surface area contributed by atoms with E-state index >= 15 is 0 Å². The summed E-state index contributed by atoms with van der Waals surface area (Å²) in [6.45, 7) is 6.19. The van der Waals surface area contributed by atoms with E-state index < -0.39 is 5.91 Å². The third-order valence-electron chi connectivity index (χ3n) is 4.22. The average molecular weight is 374 g/mol. The Balaban J connectivity index is 1.81. The molecule has 0 aliphatic heterocycles. The summed E-state index contributed by atoms with van der Waals surface area (Å²) in [5.41, 5.74) is 6.18. The number of anilines is 1. The Morgan fingerprint density at radius 1 is 1.15 bits per heavy atom. The van der Waals surface area contributed by atoms with E-state index in [1.165, 1.54) is 28.5 Å². The fraction of sp³-hybridized carbons (Fsp3) is 0.143. The van der Waals surface area contributed by atoms with E-state index in [4.69, 9.17) is 0 Å². The summed E-state index contributed by atoms with van der Waals surface area (Å²) in [6, 6.07) is 9.64. The molecule has 0 aliphatic carbocycles. The molecule has 3 aromatic rings. The van der Waals surface area contributed by atoms with Crippen molar-refractivity contribution >= 4 is 28.5 Å². The predicted molar refractivity (Wildman–Crippen MR) is 108 cm³/mol. The number of pyridine rings is 1. The molecule has 0 spiro atoms. The highest BCUT2D eigenvalue weighted by atomic mass is 32.1. The Labute approximate surface area is 162 Å². The number of nitrogens with one attached hydrogen (secondary N) is 1. The summed E-state index contributed by atoms with van der Waals surface area (Å²) in [6.07, 6.45) is 4.74. The van der Waals surface area contributed by atoms with Crippen LogP contribution >= 0.6 is 11.3 Å². The van der Waals surface area contributed by atoms with Crippen LogP contribution in [0.1, 0.15) is 22.3 Å². The van der Waals surface area contributed by atoms with Gasteiger partial charge in [0.25, 0.3) is 5.91 Å². The number of carbonyl (C=O) groups is 1. The van der Waals surface area contributed by atoms with Gasteiger partial charge in [0.15, 0.2) is 5.13 Å². The lowest BCUT2D eigenvalue weighted by Crippen LogP contribution is -2.13. The Morgan fingerprint density at radius 3 is 2.56 bits per heavy atom. The third-order valence-corrected chi connectivity index (χ3v) is 4.98. The fourth-order valence-corrected chi connectivity index (χ4v) is 3.34. The smallest absolute Gasteiger partial charge is 0.268 e. The number of aromatic nitrogens is 2. The normalized spacial score (nSPS) is 11.1. The molecule has 3 rings (SSSR count). The fourth-order valence-electron chi connectivity index (χ4n) is 2.63. The average Bonchev–Trinajstić information content (AvgIpc) is 3.11. The van der Waals surface area contributed by atoms with Gasteiger partial charge in [-0.15, -0.1) is 11.3 Å². The van der Waals surface area contributed by atoms with E-state index in [0.29, 0.717) is 5.13 Å². The van der Waals surface area contributed by atoms with E-state index in [2.05, 4.69) is 41.3 Å². The Kier molecular flexibility index (Phi) is 5.43. The second-order valence-electron chi connectivity index (χ2n) is 6.19. The zero-order valence-corrected chi connectivity index (χ0v) is 16.1. The number of benzene rings is 1. The molecule has 0 saturated heterocycles. The second-order valence-corrected chi connectivity index (χ2v) is 7.05. The number of amides is 1. The topological polar surface area (TPSA) is 78.7 Å². The molecular formula is C21H18N4OS. The van der Waals surface area contributed by atoms with Crippen LogP contribution in [0.4, 0.5) is 5.13 Å². The van der Waals surface area contributed by atoms with Crippen molar-refractivity contribution in [2.75, 3.05) is 5.32 Å². The number of thiazole rings is 1. The maximum absolute atomic E-state index is 12.4. The molecule has 5 nitrogen and oxygen atoms in total. The maximum atomic E-state index is 12.4. The van der Waals surface area contributed by atoms with Crippen molar-refractivity contribution < 1.29 is 4.79 Å². The van der Waals surface area contributed by atoms with E-state index in [-0.39, 0.29) is 5.57 Å². The van der Waals surface area contributed by atoms with Gasteiger partial charge in [0.1, 0.15) is 11.6 Å². The van der Waals surface area contributed by atoms with E-state index in [1.54, 1.807) is 24.5 Å². The molecule has 0 saturated carbocycles. The van der Waals surface area contributed by atoms with Crippen LogP contribution in [0.25, 0.3) is 17.3 Å². The van der Waals surface area contributed by atoms with Crippen molar-refractivity contribution in [3.05, 3.63) is 69.9 Å². The van der Waals surface area contributed by atoms with Gasteiger partial charge in [0.2, 0.25) is 0 Å². The van der Waals surface area contributed by atoms with E-state index in [9.17, 15) is 10.1 Å². The van der Waals surface area contributed by atoms with Crippen molar-refractivity contribution in [3.63, 3.8) is 0 Å². The molecule has 0 bridgehead atoms. The van der Waals surface area contributed by atoms with E-state index in [1.807, 2.05) is 18.4 Å². The molecule has 1 N–H and O–H groups in total. The first-order valence-electron chi connectivity index (χ1n) is 8.35. The molecule has 0 aliphatic rings. The van der Waals surface area contributed by atoms with Gasteiger partial charge in [-0.3, -0.25) is 15.1 Å². The summed E-state index contributed by atoms with van der Waals surface area (Å²) in [5.74, 6) is -0.480. The van der Waals surface area contributed by atoms with E-state index in [0.717, 1.165) is 22.4 Å². The first-order valence-corrected chi connectivity index (χ1v) is 9.23. The Morgan fingerprint density at radius 2 is 1.85 bits per heavy atom. The van der Waals surface area contributed by atoms with Crippen LogP contribution in [0.15, 0.2) is 47.6 Å². The lowest BCUT2D eigenvalue weighted by molar-refractivity contribution is -0.112. The molecule has 0 unspecified atom stereocenters. The number of rotatable bonds is 4. The molecule has 1 amide bonds. The van der Waals surface area contributed by atoms with Crippen LogP contribution in [0.3, 0.4) is 0 Å². The number of nitrogens with zero attached hydrogens (tertiary/aromatic N) is 3. The van der Waals surface area contributed by atoms with Crippen LogP contribution in [0, 0.1) is 32.1 Å². The summed E-state index contributed by atoms with van der Waals surface area (Å²) < 4.78 is 0. The van der Waals surface area contributed by atoms with Gasteiger partial charge < -0.3 is 0 Å². The monoisotopic (exact) mass is 374 g/mol. The second kappa shape index (κ2) is 7.94. The van der Waals surface area contributed by atoms with Crippen molar-refractivity contribution in [3.8, 4) is 17.3 Å². The molecule has 27 heavy (non-hydrogen) atoms. The molecule has 134 valence electrons. The lowest BCUT2D eigenvalue weighted by atomic mass is 9.99. The minimum absolute atomic E-state index is 0.0142. The molecule has 1 aromatic carbocycles. The van der Waals surface area contributed by atoms with Crippen molar-refractivity contribution in [1.82, 2.24) is 9.97 Å².